The van der Waals surface area contributed by atoms with Crippen molar-refractivity contribution in [3.05, 3.63) is 35.4 Å². The van der Waals surface area contributed by atoms with E-state index in [1.54, 1.807) is 0 Å². The van der Waals surface area contributed by atoms with Crippen molar-refractivity contribution in [2.24, 2.45) is 5.84 Å². The first-order valence-electron chi connectivity index (χ1n) is 5.12. The molecule has 0 fully saturated rings. The van der Waals surface area contributed by atoms with Crippen LogP contribution in [0.15, 0.2) is 24.3 Å². The number of benzene rings is 1. The number of nitrogens with one attached hydrogen (secondary N) is 1. The molecule has 0 amide bonds. The van der Waals surface area contributed by atoms with E-state index in [0.717, 1.165) is 23.3 Å². The molecular formula is C12H16ClN3. The second kappa shape index (κ2) is 5.14. The van der Waals surface area contributed by atoms with E-state index in [2.05, 4.69) is 42.5 Å². The van der Waals surface area contributed by atoms with Gasteiger partial charge in [-0.25, -0.2) is 10.8 Å². The molecule has 1 heterocycles. The highest BCUT2D eigenvalue weighted by atomic mass is 35.5. The first kappa shape index (κ1) is 12.7. The molecule has 0 atom stereocenters. The van der Waals surface area contributed by atoms with E-state index in [1.165, 1.54) is 10.9 Å². The van der Waals surface area contributed by atoms with Crippen LogP contribution in [0.5, 0.6) is 0 Å². The van der Waals surface area contributed by atoms with E-state index >= 15 is 0 Å². The summed E-state index contributed by atoms with van der Waals surface area (Å²) in [5, 5.41) is 1.17. The lowest BCUT2D eigenvalue weighted by molar-refractivity contribution is 1.10. The molecule has 1 aromatic carbocycles. The van der Waals surface area contributed by atoms with Gasteiger partial charge in [0.15, 0.2) is 0 Å². The molecule has 86 valence electrons. The van der Waals surface area contributed by atoms with Gasteiger partial charge in [-0.1, -0.05) is 25.1 Å². The number of aryl methyl sites for hydroxylation is 2. The van der Waals surface area contributed by atoms with Crippen LogP contribution in [0.25, 0.3) is 10.9 Å². The van der Waals surface area contributed by atoms with Gasteiger partial charge in [0.25, 0.3) is 0 Å². The average molecular weight is 238 g/mol. The van der Waals surface area contributed by atoms with Gasteiger partial charge >= 0.3 is 0 Å². The summed E-state index contributed by atoms with van der Waals surface area (Å²) < 4.78 is 0. The molecule has 0 unspecified atom stereocenters. The second-order valence-electron chi connectivity index (χ2n) is 3.64. The van der Waals surface area contributed by atoms with Crippen LogP contribution >= 0.6 is 12.4 Å². The monoisotopic (exact) mass is 237 g/mol. The molecule has 0 aliphatic heterocycles. The SMILES string of the molecule is CCc1cc2cccc(C)c2nc1NN.Cl. The normalized spacial score (nSPS) is 9.94. The van der Waals surface area contributed by atoms with Crippen molar-refractivity contribution in [2.45, 2.75) is 20.3 Å². The predicted molar refractivity (Wildman–Crippen MR) is 70.9 cm³/mol. The Morgan fingerprint density at radius 1 is 1.38 bits per heavy atom. The highest BCUT2D eigenvalue weighted by molar-refractivity contribution is 5.85. The van der Waals surface area contributed by atoms with Gasteiger partial charge in [0.05, 0.1) is 5.52 Å². The molecule has 16 heavy (non-hydrogen) atoms. The van der Waals surface area contributed by atoms with Crippen LogP contribution < -0.4 is 11.3 Å². The molecule has 0 spiro atoms. The molecule has 3 N–H and O–H groups in total. The van der Waals surface area contributed by atoms with Crippen molar-refractivity contribution >= 4 is 29.1 Å². The zero-order valence-electron chi connectivity index (χ0n) is 9.45. The predicted octanol–water partition coefficient (Wildman–Crippen LogP) is 2.81. The van der Waals surface area contributed by atoms with Crippen LogP contribution in [-0.2, 0) is 6.42 Å². The number of nitrogens with two attached hydrogens (primary N) is 1. The maximum absolute atomic E-state index is 5.45. The lowest BCUT2D eigenvalue weighted by Crippen LogP contribution is -2.11. The highest BCUT2D eigenvalue weighted by Gasteiger charge is 2.05. The Morgan fingerprint density at radius 3 is 2.75 bits per heavy atom. The Morgan fingerprint density at radius 2 is 2.12 bits per heavy atom. The summed E-state index contributed by atoms with van der Waals surface area (Å²) in [5.74, 6) is 6.23. The summed E-state index contributed by atoms with van der Waals surface area (Å²) in [6.07, 6.45) is 0.927. The third-order valence-corrected chi connectivity index (χ3v) is 2.64. The molecule has 3 nitrogen and oxygen atoms in total. The van der Waals surface area contributed by atoms with Crippen molar-refractivity contribution in [1.29, 1.82) is 0 Å². The van der Waals surface area contributed by atoms with Gasteiger partial charge < -0.3 is 5.43 Å². The van der Waals surface area contributed by atoms with Crippen LogP contribution in [0.3, 0.4) is 0 Å². The number of aromatic nitrogens is 1. The Bertz CT molecular complexity index is 497. The number of anilines is 1. The van der Waals surface area contributed by atoms with Crippen molar-refractivity contribution in [1.82, 2.24) is 4.98 Å². The Labute approximate surface area is 101 Å². The molecule has 0 aliphatic carbocycles. The number of hydrogen-bond acceptors (Lipinski definition) is 3. The van der Waals surface area contributed by atoms with Crippen molar-refractivity contribution in [3.63, 3.8) is 0 Å². The zero-order chi connectivity index (χ0) is 10.8. The molecule has 0 radical (unpaired) electrons. The van der Waals surface area contributed by atoms with Gasteiger partial charge in [0.1, 0.15) is 5.82 Å². The quantitative estimate of drug-likeness (QED) is 0.624. The Kier molecular flexibility index (Phi) is 4.10. The third kappa shape index (κ3) is 2.10. The third-order valence-electron chi connectivity index (χ3n) is 2.64. The number of halogens is 1. The first-order chi connectivity index (χ1) is 7.26. The topological polar surface area (TPSA) is 50.9 Å². The molecule has 0 saturated carbocycles. The fourth-order valence-corrected chi connectivity index (χ4v) is 1.79. The molecular weight excluding hydrogens is 222 g/mol. The molecule has 0 saturated heterocycles. The van der Waals surface area contributed by atoms with Crippen molar-refractivity contribution in [2.75, 3.05) is 5.43 Å². The van der Waals surface area contributed by atoms with Gasteiger partial charge in [0, 0.05) is 5.39 Å². The Hall–Kier alpha value is -1.32. The van der Waals surface area contributed by atoms with Crippen LogP contribution in [0.1, 0.15) is 18.1 Å². The number of nitrogen functional groups attached to an aromatic ring is 1. The van der Waals surface area contributed by atoms with Crippen LogP contribution in [-0.4, -0.2) is 4.98 Å². The van der Waals surface area contributed by atoms with Gasteiger partial charge in [-0.3, -0.25) is 0 Å². The van der Waals surface area contributed by atoms with Gasteiger partial charge in [-0.05, 0) is 30.5 Å². The number of para-hydroxylation sites is 1. The minimum atomic E-state index is 0. The summed E-state index contributed by atoms with van der Waals surface area (Å²) in [6, 6.07) is 8.33. The minimum Gasteiger partial charge on any atom is -0.308 e. The summed E-state index contributed by atoms with van der Waals surface area (Å²) >= 11 is 0. The van der Waals surface area contributed by atoms with E-state index in [0.29, 0.717) is 0 Å². The van der Waals surface area contributed by atoms with Crippen molar-refractivity contribution < 1.29 is 0 Å². The lowest BCUT2D eigenvalue weighted by atomic mass is 10.1. The van der Waals surface area contributed by atoms with Gasteiger partial charge in [-0.15, -0.1) is 12.4 Å². The summed E-state index contributed by atoms with van der Waals surface area (Å²) in [6.45, 7) is 4.15. The minimum absolute atomic E-state index is 0. The fraction of sp³-hybridized carbons (Fsp3) is 0.250. The Balaban J connectivity index is 0.00000128. The smallest absolute Gasteiger partial charge is 0.143 e. The zero-order valence-corrected chi connectivity index (χ0v) is 10.3. The molecule has 1 aromatic heterocycles. The largest absolute Gasteiger partial charge is 0.308 e. The van der Waals surface area contributed by atoms with E-state index in [1.807, 2.05) is 6.07 Å². The number of fused-ring (bicyclic) bond motifs is 1. The van der Waals surface area contributed by atoms with Crippen LogP contribution in [0.2, 0.25) is 0 Å². The van der Waals surface area contributed by atoms with E-state index < -0.39 is 0 Å². The lowest BCUT2D eigenvalue weighted by Gasteiger charge is -2.09. The molecule has 4 heteroatoms. The van der Waals surface area contributed by atoms with Gasteiger partial charge in [0.2, 0.25) is 0 Å². The number of hydrogen-bond donors (Lipinski definition) is 2. The van der Waals surface area contributed by atoms with Crippen LogP contribution in [0, 0.1) is 6.92 Å². The fourth-order valence-electron chi connectivity index (χ4n) is 1.79. The maximum atomic E-state index is 5.45. The average Bonchev–Trinajstić information content (AvgIpc) is 2.28. The molecule has 0 aliphatic rings. The second-order valence-corrected chi connectivity index (χ2v) is 3.64. The van der Waals surface area contributed by atoms with Crippen LogP contribution in [0.4, 0.5) is 5.82 Å². The number of hydrazine groups is 1. The molecule has 0 bridgehead atoms. The number of nitrogens with zero attached hydrogens (tertiary/aromatic N) is 1. The van der Waals surface area contributed by atoms with E-state index in [9.17, 15) is 0 Å². The number of rotatable bonds is 2. The van der Waals surface area contributed by atoms with Crippen molar-refractivity contribution in [3.8, 4) is 0 Å². The highest BCUT2D eigenvalue weighted by Crippen LogP contribution is 2.22. The summed E-state index contributed by atoms with van der Waals surface area (Å²) in [4.78, 5) is 4.53. The summed E-state index contributed by atoms with van der Waals surface area (Å²) in [5.41, 5.74) is 5.99. The summed E-state index contributed by atoms with van der Waals surface area (Å²) in [7, 11) is 0. The first-order valence-corrected chi connectivity index (χ1v) is 5.12. The number of pyridine rings is 1. The standard InChI is InChI=1S/C12H15N3.ClH/c1-3-9-7-10-6-4-5-8(2)11(10)14-12(9)15-13;/h4-7H,3,13H2,1-2H3,(H,14,15);1H. The van der Waals surface area contributed by atoms with E-state index in [-0.39, 0.29) is 12.4 Å². The maximum Gasteiger partial charge on any atom is 0.143 e. The molecule has 2 aromatic rings. The van der Waals surface area contributed by atoms with E-state index in [4.69, 9.17) is 5.84 Å². The molecule has 2 rings (SSSR count). The van der Waals surface area contributed by atoms with Gasteiger partial charge in [-0.2, -0.15) is 0 Å².